The number of carbonyl (C=O) groups excluding carboxylic acids is 1. The number of hydrogen-bond acceptors (Lipinski definition) is 5. The van der Waals surface area contributed by atoms with Crippen LogP contribution in [0.15, 0.2) is 10.4 Å². The molecule has 0 bridgehead atoms. The monoisotopic (exact) mass is 577 g/mol. The second-order valence-electron chi connectivity index (χ2n) is 8.04. The van der Waals surface area contributed by atoms with Crippen molar-refractivity contribution in [3.8, 4) is 0 Å². The second-order valence-corrected chi connectivity index (χ2v) is 8.99. The van der Waals surface area contributed by atoms with Crippen LogP contribution >= 0.6 is 35.3 Å². The highest BCUT2D eigenvalue weighted by Crippen LogP contribution is 2.30. The van der Waals surface area contributed by atoms with Crippen LogP contribution in [0.2, 0.25) is 0 Å². The minimum absolute atomic E-state index is 0. The third kappa shape index (κ3) is 9.79. The van der Waals surface area contributed by atoms with Crippen LogP contribution in [0.1, 0.15) is 51.2 Å². The van der Waals surface area contributed by atoms with Gasteiger partial charge in [0.1, 0.15) is 5.60 Å². The summed E-state index contributed by atoms with van der Waals surface area (Å²) in [6.45, 7) is 9.53. The molecule has 0 spiro atoms. The fraction of sp³-hybridized carbons (Fsp3) is 0.737. The summed E-state index contributed by atoms with van der Waals surface area (Å²) in [5, 5.41) is 7.87. The molecule has 2 heterocycles. The normalized spacial score (nSPS) is 17.7. The van der Waals surface area contributed by atoms with E-state index >= 15 is 0 Å². The molecule has 12 heteroatoms. The molecule has 1 unspecified atom stereocenters. The first-order chi connectivity index (χ1) is 14.0. The Hall–Kier alpha value is -1.31. The SMILES string of the molecule is CCNC(=NCCc1nc(C(F)(F)F)cs1)NC1CCCN(C(=O)OC(C)(C)C)C1.I. The zero-order valence-electron chi connectivity index (χ0n) is 18.2. The molecule has 1 aliphatic rings. The molecular weight excluding hydrogens is 546 g/mol. The van der Waals surface area contributed by atoms with E-state index in [0.717, 1.165) is 29.6 Å². The van der Waals surface area contributed by atoms with Crippen molar-refractivity contribution in [1.29, 1.82) is 0 Å². The molecule has 1 aliphatic heterocycles. The van der Waals surface area contributed by atoms with Crippen LogP contribution in [-0.2, 0) is 17.3 Å². The molecule has 178 valence electrons. The lowest BCUT2D eigenvalue weighted by Crippen LogP contribution is -2.53. The number of aliphatic imine (C=N–C) groups is 1. The van der Waals surface area contributed by atoms with Gasteiger partial charge < -0.3 is 20.3 Å². The van der Waals surface area contributed by atoms with Gasteiger partial charge in [0.15, 0.2) is 11.7 Å². The third-order valence-corrected chi connectivity index (χ3v) is 5.10. The number of carbonyl (C=O) groups is 1. The van der Waals surface area contributed by atoms with Crippen LogP contribution in [0.5, 0.6) is 0 Å². The summed E-state index contributed by atoms with van der Waals surface area (Å²) >= 11 is 0.986. The Morgan fingerprint density at radius 2 is 2.10 bits per heavy atom. The Morgan fingerprint density at radius 1 is 1.39 bits per heavy atom. The Morgan fingerprint density at radius 3 is 2.68 bits per heavy atom. The molecule has 2 rings (SSSR count). The molecular formula is C19H31F3IN5O2S. The average Bonchev–Trinajstić information content (AvgIpc) is 3.10. The number of rotatable bonds is 5. The highest BCUT2D eigenvalue weighted by molar-refractivity contribution is 14.0. The van der Waals surface area contributed by atoms with E-state index in [2.05, 4.69) is 20.6 Å². The molecule has 1 fully saturated rings. The smallest absolute Gasteiger partial charge is 0.434 e. The third-order valence-electron chi connectivity index (χ3n) is 4.20. The van der Waals surface area contributed by atoms with E-state index in [0.29, 0.717) is 43.6 Å². The lowest BCUT2D eigenvalue weighted by Gasteiger charge is -2.35. The quantitative estimate of drug-likeness (QED) is 0.311. The number of alkyl halides is 3. The summed E-state index contributed by atoms with van der Waals surface area (Å²) in [7, 11) is 0. The van der Waals surface area contributed by atoms with Gasteiger partial charge in [-0.1, -0.05) is 0 Å². The van der Waals surface area contributed by atoms with Gasteiger partial charge in [-0.25, -0.2) is 9.78 Å². The summed E-state index contributed by atoms with van der Waals surface area (Å²) in [4.78, 5) is 22.1. The number of guanidine groups is 1. The maximum Gasteiger partial charge on any atom is 0.434 e. The zero-order valence-corrected chi connectivity index (χ0v) is 21.4. The number of piperidine rings is 1. The Kier molecular flexibility index (Phi) is 10.8. The first-order valence-corrected chi connectivity index (χ1v) is 10.9. The van der Waals surface area contributed by atoms with Gasteiger partial charge in [0, 0.05) is 44.0 Å². The number of nitrogens with one attached hydrogen (secondary N) is 2. The number of thiazole rings is 1. The van der Waals surface area contributed by atoms with Crippen molar-refractivity contribution in [3.63, 3.8) is 0 Å². The van der Waals surface area contributed by atoms with Gasteiger partial charge in [0.25, 0.3) is 0 Å². The van der Waals surface area contributed by atoms with Gasteiger partial charge in [-0.2, -0.15) is 13.2 Å². The standard InChI is InChI=1S/C19H30F3N5O2S.HI/c1-5-23-16(24-9-8-15-26-14(12-30-15)19(20,21)22)25-13-7-6-10-27(11-13)17(28)29-18(2,3)4;/h12-13H,5-11H2,1-4H3,(H2,23,24,25);1H. The summed E-state index contributed by atoms with van der Waals surface area (Å²) in [5.74, 6) is 0.570. The number of ether oxygens (including phenoxy) is 1. The van der Waals surface area contributed by atoms with Gasteiger partial charge in [0.05, 0.1) is 5.01 Å². The van der Waals surface area contributed by atoms with Crippen molar-refractivity contribution in [2.45, 2.75) is 64.8 Å². The topological polar surface area (TPSA) is 78.9 Å². The summed E-state index contributed by atoms with van der Waals surface area (Å²) in [6, 6.07) is 0.0146. The van der Waals surface area contributed by atoms with Gasteiger partial charge in [0.2, 0.25) is 0 Å². The van der Waals surface area contributed by atoms with E-state index in [1.807, 2.05) is 27.7 Å². The van der Waals surface area contributed by atoms with Crippen molar-refractivity contribution in [1.82, 2.24) is 20.5 Å². The lowest BCUT2D eigenvalue weighted by atomic mass is 10.1. The highest BCUT2D eigenvalue weighted by Gasteiger charge is 2.33. The molecule has 31 heavy (non-hydrogen) atoms. The van der Waals surface area contributed by atoms with E-state index in [1.54, 1.807) is 4.90 Å². The van der Waals surface area contributed by atoms with Crippen molar-refractivity contribution < 1.29 is 22.7 Å². The van der Waals surface area contributed by atoms with Crippen molar-refractivity contribution >= 4 is 47.4 Å². The number of hydrogen-bond donors (Lipinski definition) is 2. The molecule has 2 N–H and O–H groups in total. The molecule has 0 aliphatic carbocycles. The van der Waals surface area contributed by atoms with Gasteiger partial charge >= 0.3 is 12.3 Å². The average molecular weight is 577 g/mol. The van der Waals surface area contributed by atoms with Gasteiger partial charge in [-0.3, -0.25) is 4.99 Å². The number of likely N-dealkylation sites (tertiary alicyclic amines) is 1. The van der Waals surface area contributed by atoms with Crippen LogP contribution in [0, 0.1) is 0 Å². The van der Waals surface area contributed by atoms with Crippen LogP contribution in [0.3, 0.4) is 0 Å². The summed E-state index contributed by atoms with van der Waals surface area (Å²) in [5.41, 5.74) is -1.41. The van der Waals surface area contributed by atoms with Crippen LogP contribution in [0.25, 0.3) is 0 Å². The van der Waals surface area contributed by atoms with Crippen molar-refractivity contribution in [2.24, 2.45) is 4.99 Å². The van der Waals surface area contributed by atoms with E-state index < -0.39 is 17.5 Å². The van der Waals surface area contributed by atoms with Crippen LogP contribution in [-0.4, -0.2) is 59.8 Å². The van der Waals surface area contributed by atoms with E-state index in [9.17, 15) is 18.0 Å². The first kappa shape index (κ1) is 27.7. The molecule has 1 aromatic heterocycles. The molecule has 1 amide bonds. The van der Waals surface area contributed by atoms with Crippen LogP contribution < -0.4 is 10.6 Å². The zero-order chi connectivity index (χ0) is 22.4. The first-order valence-electron chi connectivity index (χ1n) is 10.0. The van der Waals surface area contributed by atoms with E-state index in [1.165, 1.54) is 0 Å². The minimum atomic E-state index is -4.42. The molecule has 1 aromatic rings. The fourth-order valence-electron chi connectivity index (χ4n) is 2.92. The van der Waals surface area contributed by atoms with Gasteiger partial charge in [-0.05, 0) is 40.5 Å². The Labute approximate surface area is 202 Å². The second kappa shape index (κ2) is 12.1. The lowest BCUT2D eigenvalue weighted by molar-refractivity contribution is -0.140. The van der Waals surface area contributed by atoms with E-state index in [-0.39, 0.29) is 36.1 Å². The van der Waals surface area contributed by atoms with E-state index in [4.69, 9.17) is 4.74 Å². The summed E-state index contributed by atoms with van der Waals surface area (Å²) < 4.78 is 43.4. The minimum Gasteiger partial charge on any atom is -0.444 e. The van der Waals surface area contributed by atoms with Crippen molar-refractivity contribution in [2.75, 3.05) is 26.2 Å². The molecule has 0 aromatic carbocycles. The highest BCUT2D eigenvalue weighted by atomic mass is 127. The molecule has 7 nitrogen and oxygen atoms in total. The Bertz CT molecular complexity index is 737. The van der Waals surface area contributed by atoms with Crippen molar-refractivity contribution in [3.05, 3.63) is 16.1 Å². The van der Waals surface area contributed by atoms with Crippen LogP contribution in [0.4, 0.5) is 18.0 Å². The predicted octanol–water partition coefficient (Wildman–Crippen LogP) is 4.28. The summed E-state index contributed by atoms with van der Waals surface area (Å²) in [6.07, 6.45) is -2.71. The number of aromatic nitrogens is 1. The maximum atomic E-state index is 12.7. The fourth-order valence-corrected chi connectivity index (χ4v) is 3.71. The molecule has 1 atom stereocenters. The predicted molar refractivity (Wildman–Crippen MR) is 126 cm³/mol. The Balaban J connectivity index is 0.00000480. The molecule has 0 saturated carbocycles. The number of nitrogens with zero attached hydrogens (tertiary/aromatic N) is 3. The van der Waals surface area contributed by atoms with Gasteiger partial charge in [-0.15, -0.1) is 35.3 Å². The number of amides is 1. The largest absolute Gasteiger partial charge is 0.444 e. The molecule has 1 saturated heterocycles. The molecule has 0 radical (unpaired) electrons. The number of halogens is 4. The maximum absolute atomic E-state index is 12.7.